The van der Waals surface area contributed by atoms with E-state index in [9.17, 15) is 0 Å². The molecule has 0 unspecified atom stereocenters. The maximum absolute atomic E-state index is 9.11. The van der Waals surface area contributed by atoms with Crippen LogP contribution in [0, 0.1) is 5.92 Å². The van der Waals surface area contributed by atoms with Crippen LogP contribution in [-0.4, -0.2) is 16.7 Å². The van der Waals surface area contributed by atoms with Gasteiger partial charge in [-0.15, -0.1) is 0 Å². The Hall–Kier alpha value is -1.25. The lowest BCUT2D eigenvalue weighted by Gasteiger charge is -2.24. The van der Waals surface area contributed by atoms with Crippen molar-refractivity contribution < 1.29 is 9.84 Å². The molecule has 0 radical (unpaired) electrons. The molecule has 0 spiro atoms. The lowest BCUT2D eigenvalue weighted by atomic mass is 9.86. The molecule has 1 aromatic heterocycles. The molecule has 0 atom stereocenters. The number of nitrogens with zero attached hydrogens (tertiary/aromatic N) is 1. The predicted octanol–water partition coefficient (Wildman–Crippen LogP) is 1.97. The molecule has 1 heterocycles. The van der Waals surface area contributed by atoms with Gasteiger partial charge >= 0.3 is 0 Å². The summed E-state index contributed by atoms with van der Waals surface area (Å²) in [5, 5.41) is 9.11. The van der Waals surface area contributed by atoms with Crippen molar-refractivity contribution in [2.24, 2.45) is 5.92 Å². The Kier molecular flexibility index (Phi) is 2.34. The minimum atomic E-state index is 0.158. The zero-order valence-corrected chi connectivity index (χ0v) is 7.44. The van der Waals surface area contributed by atoms with Crippen molar-refractivity contribution in [1.82, 2.24) is 4.98 Å². The van der Waals surface area contributed by atoms with E-state index in [-0.39, 0.29) is 5.75 Å². The molecule has 0 saturated heterocycles. The minimum absolute atomic E-state index is 0.158. The van der Waals surface area contributed by atoms with Gasteiger partial charge in [0.15, 0.2) is 0 Å². The standard InChI is InChI=1S/C10H13NO2/c12-9-4-10(6-11-5-9)13-7-8-2-1-3-8/h4-6,8,12H,1-3,7H2. The third kappa shape index (κ3) is 2.11. The van der Waals surface area contributed by atoms with Crippen molar-refractivity contribution in [3.8, 4) is 11.5 Å². The van der Waals surface area contributed by atoms with Gasteiger partial charge in [-0.2, -0.15) is 0 Å². The summed E-state index contributed by atoms with van der Waals surface area (Å²) in [5.41, 5.74) is 0. The van der Waals surface area contributed by atoms with Crippen LogP contribution in [-0.2, 0) is 0 Å². The molecule has 0 amide bonds. The Labute approximate surface area is 77.4 Å². The lowest BCUT2D eigenvalue weighted by molar-refractivity contribution is 0.180. The topological polar surface area (TPSA) is 42.4 Å². The first-order valence-corrected chi connectivity index (χ1v) is 4.61. The van der Waals surface area contributed by atoms with Crippen LogP contribution in [0.2, 0.25) is 0 Å². The van der Waals surface area contributed by atoms with E-state index in [1.807, 2.05) is 0 Å². The first kappa shape index (κ1) is 8.35. The van der Waals surface area contributed by atoms with Gasteiger partial charge in [0.25, 0.3) is 0 Å². The Morgan fingerprint density at radius 2 is 2.31 bits per heavy atom. The van der Waals surface area contributed by atoms with E-state index in [2.05, 4.69) is 4.98 Å². The van der Waals surface area contributed by atoms with E-state index in [0.717, 1.165) is 6.61 Å². The molecule has 1 fully saturated rings. The number of aromatic nitrogens is 1. The highest BCUT2D eigenvalue weighted by Gasteiger charge is 2.17. The zero-order chi connectivity index (χ0) is 9.10. The quantitative estimate of drug-likeness (QED) is 0.771. The van der Waals surface area contributed by atoms with Gasteiger partial charge in [0, 0.05) is 6.07 Å². The van der Waals surface area contributed by atoms with Crippen molar-refractivity contribution in [2.45, 2.75) is 19.3 Å². The third-order valence-corrected chi connectivity index (χ3v) is 2.41. The summed E-state index contributed by atoms with van der Waals surface area (Å²) < 4.78 is 5.47. The van der Waals surface area contributed by atoms with Crippen molar-refractivity contribution in [3.63, 3.8) is 0 Å². The van der Waals surface area contributed by atoms with Crippen LogP contribution in [0.1, 0.15) is 19.3 Å². The normalized spacial score (nSPS) is 16.6. The van der Waals surface area contributed by atoms with Crippen LogP contribution in [0.5, 0.6) is 11.5 Å². The predicted molar refractivity (Wildman–Crippen MR) is 48.7 cm³/mol. The summed E-state index contributed by atoms with van der Waals surface area (Å²) in [7, 11) is 0. The molecule has 3 nitrogen and oxygen atoms in total. The zero-order valence-electron chi connectivity index (χ0n) is 7.44. The smallest absolute Gasteiger partial charge is 0.141 e. The molecule has 1 saturated carbocycles. The molecule has 1 N–H and O–H groups in total. The van der Waals surface area contributed by atoms with E-state index < -0.39 is 0 Å². The van der Waals surface area contributed by atoms with Crippen molar-refractivity contribution in [1.29, 1.82) is 0 Å². The van der Waals surface area contributed by atoms with E-state index in [1.165, 1.54) is 25.5 Å². The van der Waals surface area contributed by atoms with Crippen LogP contribution in [0.15, 0.2) is 18.5 Å². The molecular formula is C10H13NO2. The van der Waals surface area contributed by atoms with Gasteiger partial charge in [0.05, 0.1) is 19.0 Å². The summed E-state index contributed by atoms with van der Waals surface area (Å²) >= 11 is 0. The van der Waals surface area contributed by atoms with Crippen LogP contribution in [0.4, 0.5) is 0 Å². The number of hydrogen-bond acceptors (Lipinski definition) is 3. The van der Waals surface area contributed by atoms with Crippen LogP contribution < -0.4 is 4.74 Å². The van der Waals surface area contributed by atoms with Crippen LogP contribution in [0.3, 0.4) is 0 Å². The third-order valence-electron chi connectivity index (χ3n) is 2.41. The Morgan fingerprint density at radius 1 is 1.46 bits per heavy atom. The largest absolute Gasteiger partial charge is 0.506 e. The highest BCUT2D eigenvalue weighted by molar-refractivity contribution is 5.26. The van der Waals surface area contributed by atoms with Gasteiger partial charge in [0.2, 0.25) is 0 Å². The summed E-state index contributed by atoms with van der Waals surface area (Å²) in [6, 6.07) is 1.59. The van der Waals surface area contributed by atoms with E-state index in [1.54, 1.807) is 12.3 Å². The first-order valence-electron chi connectivity index (χ1n) is 4.61. The highest BCUT2D eigenvalue weighted by atomic mass is 16.5. The number of ether oxygens (including phenoxy) is 1. The van der Waals surface area contributed by atoms with Gasteiger partial charge < -0.3 is 9.84 Å². The molecule has 1 aliphatic rings. The fraction of sp³-hybridized carbons (Fsp3) is 0.500. The van der Waals surface area contributed by atoms with Gasteiger partial charge in [0.1, 0.15) is 11.5 Å². The number of pyridine rings is 1. The van der Waals surface area contributed by atoms with E-state index in [0.29, 0.717) is 11.7 Å². The molecule has 0 bridgehead atoms. The Morgan fingerprint density at radius 3 is 2.92 bits per heavy atom. The van der Waals surface area contributed by atoms with Gasteiger partial charge in [-0.05, 0) is 18.8 Å². The molecule has 0 aromatic carbocycles. The lowest BCUT2D eigenvalue weighted by Crippen LogP contribution is -2.19. The minimum Gasteiger partial charge on any atom is -0.506 e. The average molecular weight is 179 g/mol. The summed E-state index contributed by atoms with van der Waals surface area (Å²) in [6.45, 7) is 0.755. The highest BCUT2D eigenvalue weighted by Crippen LogP contribution is 2.27. The Bertz CT molecular complexity index is 284. The number of hydrogen-bond donors (Lipinski definition) is 1. The number of aromatic hydroxyl groups is 1. The second-order valence-corrected chi connectivity index (χ2v) is 3.49. The van der Waals surface area contributed by atoms with E-state index >= 15 is 0 Å². The van der Waals surface area contributed by atoms with Crippen molar-refractivity contribution in [3.05, 3.63) is 18.5 Å². The summed E-state index contributed by atoms with van der Waals surface area (Å²) in [5.74, 6) is 1.53. The summed E-state index contributed by atoms with van der Waals surface area (Å²) in [4.78, 5) is 3.83. The fourth-order valence-corrected chi connectivity index (χ4v) is 1.36. The maximum atomic E-state index is 9.11. The fourth-order valence-electron chi connectivity index (χ4n) is 1.36. The molecule has 1 aliphatic carbocycles. The second kappa shape index (κ2) is 3.64. The molecule has 1 aromatic rings. The van der Waals surface area contributed by atoms with Crippen LogP contribution in [0.25, 0.3) is 0 Å². The monoisotopic (exact) mass is 179 g/mol. The second-order valence-electron chi connectivity index (χ2n) is 3.49. The Balaban J connectivity index is 1.86. The molecule has 70 valence electrons. The average Bonchev–Trinajstić information content (AvgIpc) is 2.01. The van der Waals surface area contributed by atoms with Gasteiger partial charge in [-0.3, -0.25) is 4.98 Å². The maximum Gasteiger partial charge on any atom is 0.141 e. The number of rotatable bonds is 3. The van der Waals surface area contributed by atoms with Crippen molar-refractivity contribution >= 4 is 0 Å². The SMILES string of the molecule is Oc1cncc(OCC2CCC2)c1. The van der Waals surface area contributed by atoms with Gasteiger partial charge in [-0.1, -0.05) is 6.42 Å². The summed E-state index contributed by atoms with van der Waals surface area (Å²) in [6.07, 6.45) is 6.89. The van der Waals surface area contributed by atoms with E-state index in [4.69, 9.17) is 9.84 Å². The molecule has 2 rings (SSSR count). The molecule has 0 aliphatic heterocycles. The first-order chi connectivity index (χ1) is 6.34. The molecule has 3 heteroatoms. The van der Waals surface area contributed by atoms with Gasteiger partial charge in [-0.25, -0.2) is 0 Å². The molecular weight excluding hydrogens is 166 g/mol. The molecule has 13 heavy (non-hydrogen) atoms. The van der Waals surface area contributed by atoms with Crippen molar-refractivity contribution in [2.75, 3.05) is 6.61 Å². The van der Waals surface area contributed by atoms with Crippen LogP contribution >= 0.6 is 0 Å².